The van der Waals surface area contributed by atoms with Crippen molar-refractivity contribution in [2.24, 2.45) is 0 Å². The minimum Gasteiger partial charge on any atom is -0.342 e. The lowest BCUT2D eigenvalue weighted by molar-refractivity contribution is -0.131. The van der Waals surface area contributed by atoms with Crippen molar-refractivity contribution < 1.29 is 9.42 Å². The zero-order valence-electron chi connectivity index (χ0n) is 17.3. The molecule has 0 N–H and O–H groups in total. The van der Waals surface area contributed by atoms with Gasteiger partial charge in [0.05, 0.1) is 6.42 Å². The van der Waals surface area contributed by atoms with Gasteiger partial charge in [0.15, 0.2) is 0 Å². The van der Waals surface area contributed by atoms with Crippen molar-refractivity contribution in [2.75, 3.05) is 13.1 Å². The molecule has 7 heteroatoms. The number of halogens is 1. The molecule has 1 saturated heterocycles. The topological polar surface area (TPSA) is 72.1 Å². The van der Waals surface area contributed by atoms with Crippen LogP contribution in [0.5, 0.6) is 0 Å². The third kappa shape index (κ3) is 4.87. The van der Waals surface area contributed by atoms with E-state index in [0.717, 1.165) is 42.2 Å². The van der Waals surface area contributed by atoms with Crippen molar-refractivity contribution in [3.63, 3.8) is 0 Å². The number of benzene rings is 1. The second-order valence-electron chi connectivity index (χ2n) is 8.00. The fourth-order valence-corrected chi connectivity index (χ4v) is 4.28. The van der Waals surface area contributed by atoms with E-state index in [9.17, 15) is 4.79 Å². The van der Waals surface area contributed by atoms with Gasteiger partial charge in [-0.05, 0) is 68.5 Å². The number of pyridine rings is 1. The maximum Gasteiger partial charge on any atom is 0.228 e. The maximum absolute atomic E-state index is 12.8. The molecule has 1 atom stereocenters. The van der Waals surface area contributed by atoms with Crippen LogP contribution in [0, 0.1) is 13.8 Å². The van der Waals surface area contributed by atoms with Crippen LogP contribution in [0.4, 0.5) is 0 Å². The third-order valence-corrected chi connectivity index (χ3v) is 5.82. The first-order valence-corrected chi connectivity index (χ1v) is 10.6. The van der Waals surface area contributed by atoms with Gasteiger partial charge in [-0.25, -0.2) is 4.63 Å². The number of amides is 1. The van der Waals surface area contributed by atoms with Gasteiger partial charge < -0.3 is 4.90 Å². The number of aromatic nitrogens is 3. The molecule has 0 bridgehead atoms. The van der Waals surface area contributed by atoms with Crippen LogP contribution >= 0.6 is 11.6 Å². The summed E-state index contributed by atoms with van der Waals surface area (Å²) in [5.41, 5.74) is 5.73. The Balaban J connectivity index is 1.48. The third-order valence-electron chi connectivity index (χ3n) is 5.59. The van der Waals surface area contributed by atoms with E-state index >= 15 is 0 Å². The molecule has 3 aromatic rings. The van der Waals surface area contributed by atoms with E-state index in [0.29, 0.717) is 17.9 Å². The summed E-state index contributed by atoms with van der Waals surface area (Å²) in [4.78, 5) is 19.5. The lowest BCUT2D eigenvalue weighted by atomic mass is 9.92. The molecule has 1 aliphatic heterocycles. The number of piperidine rings is 1. The first-order valence-electron chi connectivity index (χ1n) is 10.3. The maximum atomic E-state index is 12.8. The van der Waals surface area contributed by atoms with Crippen LogP contribution in [0.25, 0.3) is 0 Å². The SMILES string of the molecule is Cc1cc(Cc2cccc(Cl)c2)cc(C2CCCN(C(=O)Cc3nonc3C)C2)n1. The lowest BCUT2D eigenvalue weighted by Gasteiger charge is -2.32. The second kappa shape index (κ2) is 8.96. The Bertz CT molecular complexity index is 1050. The summed E-state index contributed by atoms with van der Waals surface area (Å²) >= 11 is 6.14. The fourth-order valence-electron chi connectivity index (χ4n) is 4.07. The van der Waals surface area contributed by atoms with Crippen molar-refractivity contribution in [2.45, 2.75) is 45.4 Å². The Labute approximate surface area is 181 Å². The number of rotatable bonds is 5. The predicted molar refractivity (Wildman–Crippen MR) is 115 cm³/mol. The number of carbonyl (C=O) groups is 1. The molecule has 0 aliphatic carbocycles. The molecular formula is C23H25ClN4O2. The van der Waals surface area contributed by atoms with Gasteiger partial charge in [0.1, 0.15) is 11.4 Å². The molecule has 6 nitrogen and oxygen atoms in total. The number of nitrogens with zero attached hydrogens (tertiary/aromatic N) is 4. The number of hydrogen-bond donors (Lipinski definition) is 0. The molecule has 2 aromatic heterocycles. The van der Waals surface area contributed by atoms with E-state index < -0.39 is 0 Å². The van der Waals surface area contributed by atoms with Crippen molar-refractivity contribution >= 4 is 17.5 Å². The molecule has 1 aromatic carbocycles. The molecular weight excluding hydrogens is 400 g/mol. The Morgan fingerprint density at radius 3 is 2.83 bits per heavy atom. The van der Waals surface area contributed by atoms with Crippen LogP contribution in [0.15, 0.2) is 41.0 Å². The molecule has 3 heterocycles. The Morgan fingerprint density at radius 2 is 2.07 bits per heavy atom. The molecule has 1 fully saturated rings. The zero-order chi connectivity index (χ0) is 21.1. The van der Waals surface area contributed by atoms with E-state index in [1.807, 2.05) is 30.0 Å². The monoisotopic (exact) mass is 424 g/mol. The molecule has 0 radical (unpaired) electrons. The highest BCUT2D eigenvalue weighted by molar-refractivity contribution is 6.30. The Morgan fingerprint density at radius 1 is 1.20 bits per heavy atom. The van der Waals surface area contributed by atoms with E-state index in [1.54, 1.807) is 6.92 Å². The van der Waals surface area contributed by atoms with Crippen LogP contribution < -0.4 is 0 Å². The van der Waals surface area contributed by atoms with Crippen LogP contribution in [-0.2, 0) is 17.6 Å². The summed E-state index contributed by atoms with van der Waals surface area (Å²) < 4.78 is 4.72. The van der Waals surface area contributed by atoms with Crippen molar-refractivity contribution in [1.82, 2.24) is 20.2 Å². The van der Waals surface area contributed by atoms with Gasteiger partial charge in [0.25, 0.3) is 0 Å². The van der Waals surface area contributed by atoms with E-state index in [1.165, 1.54) is 11.1 Å². The Kier molecular flexibility index (Phi) is 6.13. The highest BCUT2D eigenvalue weighted by atomic mass is 35.5. The second-order valence-corrected chi connectivity index (χ2v) is 8.44. The molecule has 0 saturated carbocycles. The normalized spacial score (nSPS) is 16.6. The summed E-state index contributed by atoms with van der Waals surface area (Å²) in [6.07, 6.45) is 3.03. The molecule has 0 spiro atoms. The van der Waals surface area contributed by atoms with E-state index in [4.69, 9.17) is 21.2 Å². The first kappa shape index (κ1) is 20.5. The van der Waals surface area contributed by atoms with Crippen molar-refractivity contribution in [3.05, 3.63) is 75.3 Å². The number of carbonyl (C=O) groups excluding carboxylic acids is 1. The molecule has 156 valence electrons. The zero-order valence-corrected chi connectivity index (χ0v) is 18.0. The summed E-state index contributed by atoms with van der Waals surface area (Å²) in [6.45, 7) is 5.27. The Hall–Kier alpha value is -2.73. The highest BCUT2D eigenvalue weighted by Crippen LogP contribution is 2.28. The number of hydrogen-bond acceptors (Lipinski definition) is 5. The fraction of sp³-hybridized carbons (Fsp3) is 0.391. The van der Waals surface area contributed by atoms with Crippen molar-refractivity contribution in [3.8, 4) is 0 Å². The van der Waals surface area contributed by atoms with Crippen molar-refractivity contribution in [1.29, 1.82) is 0 Å². The number of aryl methyl sites for hydroxylation is 2. The molecule has 30 heavy (non-hydrogen) atoms. The minimum atomic E-state index is 0.0605. The summed E-state index contributed by atoms with van der Waals surface area (Å²) in [5, 5.41) is 8.35. The van der Waals surface area contributed by atoms with Gasteiger partial charge in [0, 0.05) is 35.4 Å². The number of likely N-dealkylation sites (tertiary alicyclic amines) is 1. The lowest BCUT2D eigenvalue weighted by Crippen LogP contribution is -2.40. The molecule has 1 amide bonds. The standard InChI is InChI=1S/C23H25ClN4O2/c1-15-9-18(10-17-5-3-7-20(24)11-17)12-22(25-15)19-6-4-8-28(14-19)23(29)13-21-16(2)26-30-27-21/h3,5,7,9,11-12,19H,4,6,8,10,13-14H2,1-2H3. The minimum absolute atomic E-state index is 0.0605. The molecule has 1 aliphatic rings. The quantitative estimate of drug-likeness (QED) is 0.611. The molecule has 1 unspecified atom stereocenters. The molecule has 4 rings (SSSR count). The van der Waals surface area contributed by atoms with Crippen LogP contribution in [0.1, 0.15) is 52.7 Å². The summed E-state index contributed by atoms with van der Waals surface area (Å²) in [6, 6.07) is 12.2. The first-order chi connectivity index (χ1) is 14.5. The highest BCUT2D eigenvalue weighted by Gasteiger charge is 2.27. The van der Waals surface area contributed by atoms with Gasteiger partial charge in [-0.3, -0.25) is 9.78 Å². The van der Waals surface area contributed by atoms with E-state index in [2.05, 4.69) is 28.5 Å². The summed E-state index contributed by atoms with van der Waals surface area (Å²) in [5.74, 6) is 0.294. The van der Waals surface area contributed by atoms with Crippen LogP contribution in [0.3, 0.4) is 0 Å². The van der Waals surface area contributed by atoms with Crippen LogP contribution in [-0.4, -0.2) is 39.2 Å². The average molecular weight is 425 g/mol. The predicted octanol–water partition coefficient (Wildman–Crippen LogP) is 4.27. The largest absolute Gasteiger partial charge is 0.342 e. The average Bonchev–Trinajstić information content (AvgIpc) is 3.12. The van der Waals surface area contributed by atoms with Gasteiger partial charge in [-0.15, -0.1) is 0 Å². The van der Waals surface area contributed by atoms with Gasteiger partial charge in [-0.2, -0.15) is 0 Å². The smallest absolute Gasteiger partial charge is 0.228 e. The van der Waals surface area contributed by atoms with E-state index in [-0.39, 0.29) is 18.2 Å². The van der Waals surface area contributed by atoms with Crippen LogP contribution in [0.2, 0.25) is 5.02 Å². The summed E-state index contributed by atoms with van der Waals surface area (Å²) in [7, 11) is 0. The van der Waals surface area contributed by atoms with Gasteiger partial charge >= 0.3 is 0 Å². The van der Waals surface area contributed by atoms with Gasteiger partial charge in [0.2, 0.25) is 5.91 Å². The van der Waals surface area contributed by atoms with Gasteiger partial charge in [-0.1, -0.05) is 34.0 Å².